The molecule has 3 heterocycles. The van der Waals surface area contributed by atoms with E-state index in [9.17, 15) is 18.0 Å². The Kier molecular flexibility index (Phi) is 4.83. The number of rotatable bonds is 5. The molecule has 0 spiro atoms. The highest BCUT2D eigenvalue weighted by Gasteiger charge is 2.48. The van der Waals surface area contributed by atoms with Crippen molar-refractivity contribution in [1.29, 1.82) is 0 Å². The number of nitrogens with zero attached hydrogens (tertiary/aromatic N) is 4. The SMILES string of the molecule is CCn1ccc(C(=O)N2CCN(CCC(=O)O)[C@@H]3CS(=O)(=O)C[C@@H]32)n1. The van der Waals surface area contributed by atoms with Gasteiger partial charge in [0, 0.05) is 38.4 Å². The van der Waals surface area contributed by atoms with Gasteiger partial charge in [-0.2, -0.15) is 5.10 Å². The van der Waals surface area contributed by atoms with E-state index in [1.54, 1.807) is 21.8 Å². The van der Waals surface area contributed by atoms with Gasteiger partial charge in [0.2, 0.25) is 0 Å². The molecular weight excluding hydrogens is 348 g/mol. The summed E-state index contributed by atoms with van der Waals surface area (Å²) < 4.78 is 25.9. The fourth-order valence-corrected chi connectivity index (χ4v) is 5.60. The molecule has 9 nitrogen and oxygen atoms in total. The quantitative estimate of drug-likeness (QED) is 0.729. The lowest BCUT2D eigenvalue weighted by atomic mass is 10.0. The summed E-state index contributed by atoms with van der Waals surface area (Å²) in [6, 6.07) is 0.836. The first-order valence-electron chi connectivity index (χ1n) is 8.31. The predicted octanol–water partition coefficient (Wildman–Crippen LogP) is -0.699. The van der Waals surface area contributed by atoms with Crippen LogP contribution in [0.5, 0.6) is 0 Å². The summed E-state index contributed by atoms with van der Waals surface area (Å²) in [5, 5.41) is 13.1. The van der Waals surface area contributed by atoms with Crippen LogP contribution < -0.4 is 0 Å². The second-order valence-corrected chi connectivity index (χ2v) is 8.60. The molecule has 0 bridgehead atoms. The maximum absolute atomic E-state index is 12.8. The van der Waals surface area contributed by atoms with Crippen molar-refractivity contribution in [1.82, 2.24) is 19.6 Å². The third-order valence-electron chi connectivity index (χ3n) is 4.85. The van der Waals surface area contributed by atoms with E-state index in [2.05, 4.69) is 5.10 Å². The molecule has 2 saturated heterocycles. The van der Waals surface area contributed by atoms with Crippen LogP contribution in [0.1, 0.15) is 23.8 Å². The van der Waals surface area contributed by atoms with Crippen molar-refractivity contribution in [2.75, 3.05) is 31.1 Å². The highest BCUT2D eigenvalue weighted by Crippen LogP contribution is 2.28. The van der Waals surface area contributed by atoms with Gasteiger partial charge >= 0.3 is 5.97 Å². The molecule has 0 saturated carbocycles. The third kappa shape index (κ3) is 3.69. The molecule has 1 amide bonds. The molecule has 1 N–H and O–H groups in total. The molecule has 25 heavy (non-hydrogen) atoms. The molecule has 0 aliphatic carbocycles. The number of aliphatic carboxylic acids is 1. The molecule has 1 aromatic rings. The molecule has 10 heteroatoms. The lowest BCUT2D eigenvalue weighted by Gasteiger charge is -2.43. The van der Waals surface area contributed by atoms with Crippen LogP contribution in [0.25, 0.3) is 0 Å². The van der Waals surface area contributed by atoms with Crippen molar-refractivity contribution < 1.29 is 23.1 Å². The minimum absolute atomic E-state index is 0.0372. The van der Waals surface area contributed by atoms with Crippen molar-refractivity contribution >= 4 is 21.7 Å². The standard InChI is InChI=1S/C15H22N4O5S/c1-2-18-6-3-11(16-18)15(22)19-8-7-17(5-4-14(20)21)12-9-25(23,24)10-13(12)19/h3,6,12-13H,2,4-5,7-10H2,1H3,(H,20,21)/t12-,13+/m1/s1. The first kappa shape index (κ1) is 17.9. The molecular formula is C15H22N4O5S. The molecule has 0 unspecified atom stereocenters. The molecule has 1 aromatic heterocycles. The summed E-state index contributed by atoms with van der Waals surface area (Å²) in [6.07, 6.45) is 1.68. The Morgan fingerprint density at radius 1 is 1.28 bits per heavy atom. The summed E-state index contributed by atoms with van der Waals surface area (Å²) in [5.41, 5.74) is 0.309. The second-order valence-electron chi connectivity index (χ2n) is 6.45. The van der Waals surface area contributed by atoms with Gasteiger partial charge in [0.05, 0.1) is 24.0 Å². The molecule has 0 radical (unpaired) electrons. The summed E-state index contributed by atoms with van der Waals surface area (Å²) in [4.78, 5) is 27.1. The largest absolute Gasteiger partial charge is 0.481 e. The van der Waals surface area contributed by atoms with Gasteiger partial charge in [-0.05, 0) is 13.0 Å². The number of sulfone groups is 1. The van der Waals surface area contributed by atoms with Crippen molar-refractivity contribution in [3.8, 4) is 0 Å². The van der Waals surface area contributed by atoms with Gasteiger partial charge in [-0.25, -0.2) is 8.42 Å². The van der Waals surface area contributed by atoms with Crippen LogP contribution in [0.2, 0.25) is 0 Å². The maximum atomic E-state index is 12.8. The number of aromatic nitrogens is 2. The average molecular weight is 370 g/mol. The Morgan fingerprint density at radius 2 is 2.00 bits per heavy atom. The smallest absolute Gasteiger partial charge is 0.304 e. The highest BCUT2D eigenvalue weighted by molar-refractivity contribution is 7.91. The van der Waals surface area contributed by atoms with E-state index >= 15 is 0 Å². The number of amides is 1. The third-order valence-corrected chi connectivity index (χ3v) is 6.55. The highest BCUT2D eigenvalue weighted by atomic mass is 32.2. The normalized spacial score (nSPS) is 25.7. The van der Waals surface area contributed by atoms with Crippen LogP contribution in [-0.4, -0.2) is 88.2 Å². The summed E-state index contributed by atoms with van der Waals surface area (Å²) in [7, 11) is -3.26. The van der Waals surface area contributed by atoms with Gasteiger partial charge in [-0.15, -0.1) is 0 Å². The molecule has 2 aliphatic rings. The van der Waals surface area contributed by atoms with E-state index in [-0.39, 0.29) is 29.9 Å². The monoisotopic (exact) mass is 370 g/mol. The minimum Gasteiger partial charge on any atom is -0.481 e. The molecule has 3 rings (SSSR count). The Labute approximate surface area is 146 Å². The van der Waals surface area contributed by atoms with E-state index in [1.807, 2.05) is 11.8 Å². The van der Waals surface area contributed by atoms with Gasteiger partial charge < -0.3 is 10.0 Å². The van der Waals surface area contributed by atoms with Crippen LogP contribution >= 0.6 is 0 Å². The number of aryl methyl sites for hydroxylation is 1. The Balaban J connectivity index is 1.80. The van der Waals surface area contributed by atoms with Gasteiger partial charge in [0.1, 0.15) is 5.69 Å². The van der Waals surface area contributed by atoms with E-state index < -0.39 is 21.8 Å². The van der Waals surface area contributed by atoms with Gasteiger partial charge in [-0.1, -0.05) is 0 Å². The van der Waals surface area contributed by atoms with Crippen molar-refractivity contribution in [2.24, 2.45) is 0 Å². The Bertz CT molecular complexity index is 775. The molecule has 0 aromatic carbocycles. The van der Waals surface area contributed by atoms with Crippen LogP contribution in [0.4, 0.5) is 0 Å². The summed E-state index contributed by atoms with van der Waals surface area (Å²) in [6.45, 7) is 3.69. The zero-order valence-electron chi connectivity index (χ0n) is 14.0. The van der Waals surface area contributed by atoms with Crippen molar-refractivity contribution in [2.45, 2.75) is 32.0 Å². The number of carboxylic acids is 1. The fraction of sp³-hybridized carbons (Fsp3) is 0.667. The fourth-order valence-electron chi connectivity index (χ4n) is 3.59. The number of fused-ring (bicyclic) bond motifs is 1. The van der Waals surface area contributed by atoms with Gasteiger partial charge in [-0.3, -0.25) is 19.2 Å². The zero-order chi connectivity index (χ0) is 18.2. The number of piperazine rings is 1. The number of hydrogen-bond acceptors (Lipinski definition) is 6. The zero-order valence-corrected chi connectivity index (χ0v) is 14.9. The molecule has 2 atom stereocenters. The van der Waals surface area contributed by atoms with Crippen molar-refractivity contribution in [3.05, 3.63) is 18.0 Å². The second kappa shape index (κ2) is 6.75. The van der Waals surface area contributed by atoms with Gasteiger partial charge in [0.25, 0.3) is 5.91 Å². The van der Waals surface area contributed by atoms with E-state index in [4.69, 9.17) is 5.11 Å². The minimum atomic E-state index is -3.26. The summed E-state index contributed by atoms with van der Waals surface area (Å²) >= 11 is 0. The van der Waals surface area contributed by atoms with E-state index in [0.717, 1.165) is 0 Å². The van der Waals surface area contributed by atoms with Crippen LogP contribution in [0.15, 0.2) is 12.3 Å². The first-order valence-corrected chi connectivity index (χ1v) is 10.1. The number of carbonyl (C=O) groups is 2. The number of carboxylic acid groups (broad SMARTS) is 1. The van der Waals surface area contributed by atoms with Crippen LogP contribution in [-0.2, 0) is 21.2 Å². The first-order chi connectivity index (χ1) is 11.8. The van der Waals surface area contributed by atoms with E-state index in [0.29, 0.717) is 31.9 Å². The van der Waals surface area contributed by atoms with E-state index in [1.165, 1.54) is 0 Å². The molecule has 138 valence electrons. The van der Waals surface area contributed by atoms with Crippen LogP contribution in [0.3, 0.4) is 0 Å². The predicted molar refractivity (Wildman–Crippen MR) is 89.0 cm³/mol. The van der Waals surface area contributed by atoms with Gasteiger partial charge in [0.15, 0.2) is 9.84 Å². The molecule has 2 fully saturated rings. The average Bonchev–Trinajstić information content (AvgIpc) is 3.14. The number of carbonyl (C=O) groups excluding carboxylic acids is 1. The summed E-state index contributed by atoms with van der Waals surface area (Å²) in [5.74, 6) is -1.30. The lowest BCUT2D eigenvalue weighted by Crippen LogP contribution is -2.60. The lowest BCUT2D eigenvalue weighted by molar-refractivity contribution is -0.137. The maximum Gasteiger partial charge on any atom is 0.304 e. The molecule has 2 aliphatic heterocycles. The van der Waals surface area contributed by atoms with Crippen LogP contribution in [0, 0.1) is 0 Å². The van der Waals surface area contributed by atoms with Crippen molar-refractivity contribution in [3.63, 3.8) is 0 Å². The topological polar surface area (TPSA) is 113 Å². The number of hydrogen-bond donors (Lipinski definition) is 1. The Hall–Kier alpha value is -1.94. The Morgan fingerprint density at radius 3 is 2.64 bits per heavy atom.